The Kier molecular flexibility index (Phi) is 8.00. The molecule has 0 radical (unpaired) electrons. The van der Waals surface area contributed by atoms with Gasteiger partial charge in [0.1, 0.15) is 5.84 Å². The minimum absolute atomic E-state index is 0.279. The summed E-state index contributed by atoms with van der Waals surface area (Å²) in [7, 11) is 0. The smallest absolute Gasteiger partial charge is 0.280 e. The Morgan fingerprint density at radius 1 is 0.742 bits per heavy atom. The van der Waals surface area contributed by atoms with Gasteiger partial charge in [-0.1, -0.05) is 18.2 Å². The average Bonchev–Trinajstić information content (AvgIpc) is 2.85. The summed E-state index contributed by atoms with van der Waals surface area (Å²) in [5.74, 6) is 1.11. The summed E-state index contributed by atoms with van der Waals surface area (Å²) in [5.41, 5.74) is 0.560. The van der Waals surface area contributed by atoms with Crippen LogP contribution in [-0.2, 0) is 14.2 Å². The molecule has 9 heteroatoms. The SMILES string of the molecule is O=C(N=C(/N=C(\CN1CCOCC1)N1CCOCC1)N1CCOCC1)c1ccccc1. The minimum atomic E-state index is -0.279. The second-order valence-electron chi connectivity index (χ2n) is 7.70. The average molecular weight is 430 g/mol. The monoisotopic (exact) mass is 429 g/mol. The number of nitrogens with zero attached hydrogens (tertiary/aromatic N) is 5. The number of rotatable bonds is 3. The molecule has 0 unspecified atom stereocenters. The number of hydrogen-bond donors (Lipinski definition) is 0. The molecule has 0 bridgehead atoms. The van der Waals surface area contributed by atoms with E-state index >= 15 is 0 Å². The molecule has 3 saturated heterocycles. The highest BCUT2D eigenvalue weighted by Crippen LogP contribution is 2.09. The van der Waals surface area contributed by atoms with Crippen molar-refractivity contribution < 1.29 is 19.0 Å². The molecule has 0 spiro atoms. The molecule has 9 nitrogen and oxygen atoms in total. The number of hydrogen-bond acceptors (Lipinski definition) is 5. The highest BCUT2D eigenvalue weighted by molar-refractivity contribution is 6.06. The highest BCUT2D eigenvalue weighted by Gasteiger charge is 2.23. The van der Waals surface area contributed by atoms with Crippen molar-refractivity contribution in [2.75, 3.05) is 85.5 Å². The van der Waals surface area contributed by atoms with Crippen LogP contribution in [0.3, 0.4) is 0 Å². The summed E-state index contributed by atoms with van der Waals surface area (Å²) in [4.78, 5) is 29.0. The van der Waals surface area contributed by atoms with Crippen LogP contribution in [0, 0.1) is 0 Å². The molecule has 3 fully saturated rings. The quantitative estimate of drug-likeness (QED) is 0.514. The van der Waals surface area contributed by atoms with Gasteiger partial charge < -0.3 is 24.0 Å². The lowest BCUT2D eigenvalue weighted by molar-refractivity contribution is 0.0402. The van der Waals surface area contributed by atoms with Crippen LogP contribution in [0.1, 0.15) is 10.4 Å². The van der Waals surface area contributed by atoms with E-state index in [0.29, 0.717) is 57.6 Å². The van der Waals surface area contributed by atoms with Gasteiger partial charge in [-0.05, 0) is 12.1 Å². The van der Waals surface area contributed by atoms with E-state index in [1.165, 1.54) is 0 Å². The Hall–Kier alpha value is -2.33. The first-order valence-corrected chi connectivity index (χ1v) is 11.0. The molecule has 168 valence electrons. The molecule has 31 heavy (non-hydrogen) atoms. The minimum Gasteiger partial charge on any atom is -0.379 e. The van der Waals surface area contributed by atoms with Crippen LogP contribution in [0.25, 0.3) is 0 Å². The zero-order valence-electron chi connectivity index (χ0n) is 17.9. The van der Waals surface area contributed by atoms with Crippen LogP contribution < -0.4 is 0 Å². The molecule has 3 aliphatic heterocycles. The maximum absolute atomic E-state index is 12.9. The number of ether oxygens (including phenoxy) is 3. The number of carbonyl (C=O) groups is 1. The van der Waals surface area contributed by atoms with E-state index in [1.54, 1.807) is 12.1 Å². The van der Waals surface area contributed by atoms with Gasteiger partial charge in [0.2, 0.25) is 5.96 Å². The number of guanidine groups is 1. The Balaban J connectivity index is 1.63. The van der Waals surface area contributed by atoms with E-state index in [0.717, 1.165) is 45.2 Å². The fraction of sp³-hybridized carbons (Fsp3) is 0.591. The Morgan fingerprint density at radius 3 is 1.90 bits per heavy atom. The standard InChI is InChI=1S/C22H31N5O4/c28-21(19-4-2-1-3-5-19)24-22(27-10-16-31-17-11-27)23-20(26-8-14-30-15-9-26)18-25-6-12-29-13-7-25/h1-5H,6-18H2/b23-20+,24-22?. The van der Waals surface area contributed by atoms with Gasteiger partial charge in [-0.3, -0.25) is 9.69 Å². The first-order chi connectivity index (χ1) is 15.3. The summed E-state index contributed by atoms with van der Waals surface area (Å²) in [5, 5.41) is 0. The zero-order chi connectivity index (χ0) is 21.3. The van der Waals surface area contributed by atoms with Crippen LogP contribution in [0.15, 0.2) is 40.3 Å². The van der Waals surface area contributed by atoms with Gasteiger partial charge in [-0.2, -0.15) is 9.98 Å². The largest absolute Gasteiger partial charge is 0.379 e. The van der Waals surface area contributed by atoms with E-state index in [2.05, 4.69) is 14.8 Å². The number of amides is 1. The number of morpholine rings is 3. The summed E-state index contributed by atoms with van der Waals surface area (Å²) in [6.07, 6.45) is 0. The Morgan fingerprint density at radius 2 is 1.29 bits per heavy atom. The topological polar surface area (TPSA) is 79.2 Å². The molecule has 3 heterocycles. The van der Waals surface area contributed by atoms with Gasteiger partial charge in [0.15, 0.2) is 0 Å². The van der Waals surface area contributed by atoms with E-state index in [9.17, 15) is 4.79 Å². The van der Waals surface area contributed by atoms with Gasteiger partial charge in [0.05, 0.1) is 46.2 Å². The van der Waals surface area contributed by atoms with Crippen molar-refractivity contribution in [3.63, 3.8) is 0 Å². The van der Waals surface area contributed by atoms with Crippen LogP contribution in [0.5, 0.6) is 0 Å². The second-order valence-corrected chi connectivity index (χ2v) is 7.70. The summed E-state index contributed by atoms with van der Waals surface area (Å²) in [6.45, 7) is 9.35. The molecule has 0 saturated carbocycles. The molecule has 1 aromatic rings. The number of aliphatic imine (C=N–C) groups is 2. The number of amidine groups is 1. The van der Waals surface area contributed by atoms with Gasteiger partial charge in [-0.25, -0.2) is 0 Å². The normalized spacial score (nSPS) is 21.9. The molecule has 0 aromatic heterocycles. The predicted octanol–water partition coefficient (Wildman–Crippen LogP) is 0.578. The van der Waals surface area contributed by atoms with E-state index in [4.69, 9.17) is 19.2 Å². The van der Waals surface area contributed by atoms with Crippen molar-refractivity contribution in [1.82, 2.24) is 14.7 Å². The van der Waals surface area contributed by atoms with E-state index in [-0.39, 0.29) is 5.91 Å². The lowest BCUT2D eigenvalue weighted by Gasteiger charge is -2.35. The van der Waals surface area contributed by atoms with E-state index in [1.807, 2.05) is 23.1 Å². The van der Waals surface area contributed by atoms with E-state index < -0.39 is 0 Å². The second kappa shape index (κ2) is 11.3. The molecule has 1 amide bonds. The first-order valence-electron chi connectivity index (χ1n) is 11.0. The molecule has 0 N–H and O–H groups in total. The lowest BCUT2D eigenvalue weighted by Crippen LogP contribution is -2.49. The van der Waals surface area contributed by atoms with Crippen LogP contribution in [0.4, 0.5) is 0 Å². The molecule has 4 rings (SSSR count). The van der Waals surface area contributed by atoms with Gasteiger partial charge in [0.25, 0.3) is 5.91 Å². The molecule has 3 aliphatic rings. The van der Waals surface area contributed by atoms with Crippen molar-refractivity contribution in [2.24, 2.45) is 9.98 Å². The summed E-state index contributed by atoms with van der Waals surface area (Å²) >= 11 is 0. The molecular weight excluding hydrogens is 398 g/mol. The number of benzene rings is 1. The maximum atomic E-state index is 12.9. The van der Waals surface area contributed by atoms with Crippen LogP contribution in [-0.4, -0.2) is 118 Å². The van der Waals surface area contributed by atoms with Gasteiger partial charge in [-0.15, -0.1) is 0 Å². The molecular formula is C22H31N5O4. The van der Waals surface area contributed by atoms with Gasteiger partial charge in [0, 0.05) is 44.8 Å². The molecule has 0 aliphatic carbocycles. The van der Waals surface area contributed by atoms with Crippen molar-refractivity contribution in [3.8, 4) is 0 Å². The Labute approximate surface area is 183 Å². The van der Waals surface area contributed by atoms with Crippen molar-refractivity contribution in [2.45, 2.75) is 0 Å². The summed E-state index contributed by atoms with van der Waals surface area (Å²) in [6, 6.07) is 9.14. The summed E-state index contributed by atoms with van der Waals surface area (Å²) < 4.78 is 16.5. The third-order valence-electron chi connectivity index (χ3n) is 5.59. The fourth-order valence-corrected chi connectivity index (χ4v) is 3.77. The Bertz CT molecular complexity index is 767. The zero-order valence-corrected chi connectivity index (χ0v) is 17.9. The number of carbonyl (C=O) groups excluding carboxylic acids is 1. The third-order valence-corrected chi connectivity index (χ3v) is 5.59. The highest BCUT2D eigenvalue weighted by atomic mass is 16.5. The first kappa shape index (κ1) is 21.9. The fourth-order valence-electron chi connectivity index (χ4n) is 3.77. The lowest BCUT2D eigenvalue weighted by atomic mass is 10.2. The third kappa shape index (κ3) is 6.33. The van der Waals surface area contributed by atoms with Crippen molar-refractivity contribution in [1.29, 1.82) is 0 Å². The predicted molar refractivity (Wildman–Crippen MR) is 118 cm³/mol. The molecule has 1 aromatic carbocycles. The van der Waals surface area contributed by atoms with Crippen LogP contribution in [0.2, 0.25) is 0 Å². The van der Waals surface area contributed by atoms with Crippen molar-refractivity contribution in [3.05, 3.63) is 35.9 Å². The van der Waals surface area contributed by atoms with Gasteiger partial charge >= 0.3 is 0 Å². The van der Waals surface area contributed by atoms with Crippen LogP contribution >= 0.6 is 0 Å². The maximum Gasteiger partial charge on any atom is 0.280 e. The van der Waals surface area contributed by atoms with Crippen molar-refractivity contribution >= 4 is 17.7 Å². The molecule has 0 atom stereocenters.